The zero-order chi connectivity index (χ0) is 8.77. The summed E-state index contributed by atoms with van der Waals surface area (Å²) in [5.41, 5.74) is -0.623. The van der Waals surface area contributed by atoms with Crippen molar-refractivity contribution in [2.24, 2.45) is 5.92 Å². The maximum atomic E-state index is 9.84. The van der Waals surface area contributed by atoms with Crippen molar-refractivity contribution in [3.05, 3.63) is 0 Å². The molecule has 0 spiro atoms. The molecule has 2 bridgehead atoms. The van der Waals surface area contributed by atoms with Crippen LogP contribution in [-0.4, -0.2) is 34.6 Å². The molecule has 4 atom stereocenters. The fraction of sp³-hybridized carbons (Fsp3) is 1.00. The van der Waals surface area contributed by atoms with Crippen molar-refractivity contribution in [1.82, 2.24) is 0 Å². The molecule has 5 heteroatoms. The van der Waals surface area contributed by atoms with Crippen LogP contribution < -0.4 is 0 Å². The van der Waals surface area contributed by atoms with Gasteiger partial charge in [-0.1, -0.05) is 0 Å². The van der Waals surface area contributed by atoms with Crippen molar-refractivity contribution in [3.8, 4) is 0 Å². The zero-order valence-electron chi connectivity index (χ0n) is 8.14. The second-order valence-corrected chi connectivity index (χ2v) is 4.05. The number of ether oxygens (including phenoxy) is 1. The molecule has 2 aliphatic rings. The van der Waals surface area contributed by atoms with E-state index in [0.29, 0.717) is 0 Å². The summed E-state index contributed by atoms with van der Waals surface area (Å²) in [4.78, 5) is 0. The Hall–Kier alpha value is 1.91. The molecule has 1 saturated carbocycles. The molecule has 2 radical (unpaired) electrons. The fourth-order valence-corrected chi connectivity index (χ4v) is 2.62. The van der Waals surface area contributed by atoms with Gasteiger partial charge in [-0.05, 0) is 26.2 Å². The summed E-state index contributed by atoms with van der Waals surface area (Å²) in [5.74, 6) is 0.242. The van der Waals surface area contributed by atoms with Crippen LogP contribution in [0.15, 0.2) is 0 Å². The minimum absolute atomic E-state index is 0. The molecule has 2 fully saturated rings. The molecule has 1 aliphatic heterocycles. The third-order valence-corrected chi connectivity index (χ3v) is 3.37. The number of hydrogen-bond donors (Lipinski definition) is 2. The van der Waals surface area contributed by atoms with E-state index in [1.54, 1.807) is 0 Å². The van der Waals surface area contributed by atoms with Crippen LogP contribution in [-0.2, 0) is 27.1 Å². The van der Waals surface area contributed by atoms with E-state index in [1.807, 2.05) is 6.92 Å². The summed E-state index contributed by atoms with van der Waals surface area (Å²) in [7, 11) is 0. The molecule has 1 aliphatic carbocycles. The van der Waals surface area contributed by atoms with E-state index < -0.39 is 11.7 Å². The Labute approximate surface area is 131 Å². The molecule has 1 saturated heterocycles. The van der Waals surface area contributed by atoms with Gasteiger partial charge in [0.15, 0.2) is 0 Å². The summed E-state index contributed by atoms with van der Waals surface area (Å²) >= 11 is 0. The topological polar surface area (TPSA) is 49.7 Å². The quantitative estimate of drug-likeness (QED) is 0.532. The SMILES string of the molecule is C[C@@H]1O[C@@]2(CO)CCCC1[C@@H]2O.[Ta].[Tb]. The van der Waals surface area contributed by atoms with E-state index in [1.165, 1.54) is 0 Å². The van der Waals surface area contributed by atoms with Gasteiger partial charge < -0.3 is 14.9 Å². The van der Waals surface area contributed by atoms with E-state index in [9.17, 15) is 10.2 Å². The van der Waals surface area contributed by atoms with Crippen LogP contribution >= 0.6 is 0 Å². The van der Waals surface area contributed by atoms with Crippen molar-refractivity contribution in [1.29, 1.82) is 0 Å². The molecule has 1 heterocycles. The molecule has 0 amide bonds. The summed E-state index contributed by atoms with van der Waals surface area (Å²) < 4.78 is 5.63. The Kier molecular flexibility index (Phi) is 6.82. The van der Waals surface area contributed by atoms with Gasteiger partial charge in [-0.3, -0.25) is 0 Å². The Balaban J connectivity index is 0.000000845. The summed E-state index contributed by atoms with van der Waals surface area (Å²) in [5, 5.41) is 19.0. The minimum Gasteiger partial charge on any atom is -0.393 e. The Bertz CT molecular complexity index is 193. The smallest absolute Gasteiger partial charge is 0.118 e. The molecule has 0 aromatic carbocycles. The first kappa shape index (κ1) is 15.9. The van der Waals surface area contributed by atoms with E-state index in [2.05, 4.69) is 0 Å². The number of aliphatic hydroxyl groups is 2. The average Bonchev–Trinajstić information content (AvgIpc) is 2.23. The Morgan fingerprint density at radius 2 is 2.14 bits per heavy atom. The van der Waals surface area contributed by atoms with E-state index >= 15 is 0 Å². The summed E-state index contributed by atoms with van der Waals surface area (Å²) in [6.07, 6.45) is 2.54. The first-order chi connectivity index (χ1) is 5.69. The molecule has 84 valence electrons. The van der Waals surface area contributed by atoms with Gasteiger partial charge in [0.25, 0.3) is 0 Å². The van der Waals surface area contributed by atoms with Crippen LogP contribution in [0.5, 0.6) is 0 Å². The predicted molar refractivity (Wildman–Crippen MR) is 43.7 cm³/mol. The maximum Gasteiger partial charge on any atom is 0.118 e. The molecule has 3 nitrogen and oxygen atoms in total. The number of fused-ring (bicyclic) bond motifs is 2. The molecule has 1 unspecified atom stereocenters. The molecular weight excluding hydrogens is 496 g/mol. The van der Waals surface area contributed by atoms with Crippen molar-refractivity contribution >= 4 is 0 Å². The largest absolute Gasteiger partial charge is 0.393 e. The predicted octanol–water partition coefficient (Wildman–Crippen LogP) is 0.295. The molecule has 2 N–H and O–H groups in total. The number of rotatable bonds is 1. The normalized spacial score (nSPS) is 45.2. The fourth-order valence-electron chi connectivity index (χ4n) is 2.62. The third kappa shape index (κ3) is 2.42. The van der Waals surface area contributed by atoms with Crippen LogP contribution in [0, 0.1) is 44.5 Å². The van der Waals surface area contributed by atoms with Crippen molar-refractivity contribution < 1.29 is 75.9 Å². The van der Waals surface area contributed by atoms with Crippen molar-refractivity contribution in [2.75, 3.05) is 6.61 Å². The van der Waals surface area contributed by atoms with Crippen LogP contribution in [0.1, 0.15) is 26.2 Å². The standard InChI is InChI=1S/C9H16O3.Ta.Tb/c1-6-7-3-2-4-9(5-10,12-6)8(7)11;;/h6-8,10-11H,2-5H2,1H3;;/t6-,7?,8-,9+;;/m0../s1. The minimum atomic E-state index is -0.623. The summed E-state index contributed by atoms with van der Waals surface area (Å²) in [6, 6.07) is 0. The third-order valence-electron chi connectivity index (χ3n) is 3.37. The maximum absolute atomic E-state index is 9.84. The van der Waals surface area contributed by atoms with Gasteiger partial charge in [0, 0.05) is 66.9 Å². The van der Waals surface area contributed by atoms with Gasteiger partial charge in [0.2, 0.25) is 0 Å². The second kappa shape index (κ2) is 6.01. The van der Waals surface area contributed by atoms with Gasteiger partial charge in [-0.15, -0.1) is 0 Å². The monoisotopic (exact) mass is 512 g/mol. The molecule has 0 aromatic rings. The summed E-state index contributed by atoms with van der Waals surface area (Å²) in [6.45, 7) is 1.94. The van der Waals surface area contributed by atoms with Gasteiger partial charge in [0.1, 0.15) is 5.60 Å². The van der Waals surface area contributed by atoms with E-state index in [-0.39, 0.29) is 79.6 Å². The molecular formula is C9H16O3TaTb. The number of hydrogen-bond acceptors (Lipinski definition) is 3. The first-order valence-corrected chi connectivity index (χ1v) is 4.66. The van der Waals surface area contributed by atoms with Gasteiger partial charge in [0.05, 0.1) is 18.8 Å². The Morgan fingerprint density at radius 1 is 1.50 bits per heavy atom. The molecule has 14 heavy (non-hydrogen) atoms. The van der Waals surface area contributed by atoms with Crippen LogP contribution in [0.25, 0.3) is 0 Å². The van der Waals surface area contributed by atoms with Gasteiger partial charge >= 0.3 is 0 Å². The molecule has 0 aromatic heterocycles. The van der Waals surface area contributed by atoms with Crippen LogP contribution in [0.4, 0.5) is 0 Å². The first-order valence-electron chi connectivity index (χ1n) is 4.66. The average molecular weight is 512 g/mol. The zero-order valence-corrected chi connectivity index (χ0v) is 13.5. The van der Waals surface area contributed by atoms with Crippen molar-refractivity contribution in [3.63, 3.8) is 0 Å². The van der Waals surface area contributed by atoms with Crippen LogP contribution in [0.2, 0.25) is 0 Å². The number of aliphatic hydroxyl groups excluding tert-OH is 2. The van der Waals surface area contributed by atoms with E-state index in [0.717, 1.165) is 19.3 Å². The van der Waals surface area contributed by atoms with Gasteiger partial charge in [-0.2, -0.15) is 0 Å². The molecule has 2 rings (SSSR count). The van der Waals surface area contributed by atoms with Crippen LogP contribution in [0.3, 0.4) is 0 Å². The van der Waals surface area contributed by atoms with Gasteiger partial charge in [-0.25, -0.2) is 0 Å². The Morgan fingerprint density at radius 3 is 2.64 bits per heavy atom. The van der Waals surface area contributed by atoms with E-state index in [4.69, 9.17) is 4.74 Å². The second-order valence-electron chi connectivity index (χ2n) is 4.05. The van der Waals surface area contributed by atoms with Crippen molar-refractivity contribution in [2.45, 2.75) is 44.0 Å².